The standard InChI is InChI=1S/C24H16N2O2S.C24H22N2OS.C24H16N2OS/c27-24-23(21-8-4-5-9-22(21)26(24)18-14-15-29-16-18)25-17-10-12-20(13-11-17)28-19-6-2-1-3-7-19;2*27-24-23(21-8-4-5-9-22(21)26(24)20-14-15-28-16-20)25-19-12-10-18(11-13-19)17-6-2-1-3-7-17/h1-16H;4-5,8-17H,1-3,6-7H2;1-16H. The molecule has 3 aromatic heterocycles. The lowest BCUT2D eigenvalue weighted by atomic mass is 9.84. The van der Waals surface area contributed by atoms with Gasteiger partial charge >= 0.3 is 0 Å². The molecule has 0 saturated heterocycles. The summed E-state index contributed by atoms with van der Waals surface area (Å²) in [6, 6.07) is 73.1. The van der Waals surface area contributed by atoms with Gasteiger partial charge in [-0.05, 0) is 149 Å². The second kappa shape index (κ2) is 24.9. The van der Waals surface area contributed by atoms with Crippen molar-refractivity contribution in [3.63, 3.8) is 0 Å². The van der Waals surface area contributed by atoms with Gasteiger partial charge in [0.25, 0.3) is 17.7 Å². The molecular weight excluding hydrogens is 1110 g/mol. The summed E-state index contributed by atoms with van der Waals surface area (Å²) >= 11 is 4.73. The van der Waals surface area contributed by atoms with E-state index in [-0.39, 0.29) is 17.7 Å². The Morgan fingerprint density at radius 3 is 1.12 bits per heavy atom. The van der Waals surface area contributed by atoms with E-state index in [1.165, 1.54) is 37.7 Å². The highest BCUT2D eigenvalue weighted by molar-refractivity contribution is 7.09. The van der Waals surface area contributed by atoms with Crippen LogP contribution in [-0.4, -0.2) is 34.9 Å². The number of aliphatic imine (C=N–C) groups is 3. The average molecular weight is 1160 g/mol. The molecule has 1 aliphatic carbocycles. The fourth-order valence-electron chi connectivity index (χ4n) is 11.1. The fraction of sp³-hybridized carbons (Fsp3) is 0.0833. The van der Waals surface area contributed by atoms with Crippen molar-refractivity contribution in [3.05, 3.63) is 279 Å². The van der Waals surface area contributed by atoms with Crippen LogP contribution in [0.1, 0.15) is 60.3 Å². The van der Waals surface area contributed by atoms with Crippen molar-refractivity contribution in [2.45, 2.75) is 38.0 Å². The lowest BCUT2D eigenvalue weighted by Crippen LogP contribution is -2.24. The van der Waals surface area contributed by atoms with Crippen LogP contribution < -0.4 is 19.4 Å². The Hall–Kier alpha value is -9.92. The number of rotatable bonds is 10. The number of ether oxygens (including phenoxy) is 1. The maximum atomic E-state index is 13.2. The van der Waals surface area contributed by atoms with Gasteiger partial charge in [-0.25, -0.2) is 15.0 Å². The first kappa shape index (κ1) is 54.3. The Bertz CT molecular complexity index is 4240. The summed E-state index contributed by atoms with van der Waals surface area (Å²) in [4.78, 5) is 58.8. The van der Waals surface area contributed by atoms with Crippen LogP contribution in [0.3, 0.4) is 0 Å². The summed E-state index contributed by atoms with van der Waals surface area (Å²) in [5, 5.41) is 11.9. The number of anilines is 6. The third-order valence-corrected chi connectivity index (χ3v) is 17.2. The Morgan fingerprint density at radius 2 is 0.706 bits per heavy atom. The first-order valence-electron chi connectivity index (χ1n) is 28.1. The van der Waals surface area contributed by atoms with E-state index in [9.17, 15) is 14.4 Å². The SMILES string of the molecule is O=C1C(=Nc2ccc(-c3ccccc3)cc2)c2ccccc2N1c1ccsc1.O=C1C(=Nc2ccc(C3CCCCC3)cc2)c2ccccc2N1c1ccsc1.O=C1C(=Nc2ccc(Oc3ccccc3)cc2)c2ccccc2N1c1ccsc1. The monoisotopic (exact) mass is 1160 g/mol. The van der Waals surface area contributed by atoms with Gasteiger partial charge in [0.15, 0.2) is 0 Å². The van der Waals surface area contributed by atoms with E-state index < -0.39 is 0 Å². The molecule has 3 aliphatic heterocycles. The molecule has 0 spiro atoms. The number of para-hydroxylation sites is 4. The largest absolute Gasteiger partial charge is 0.457 e. The summed E-state index contributed by atoms with van der Waals surface area (Å²) < 4.78 is 5.82. The van der Waals surface area contributed by atoms with Crippen molar-refractivity contribution in [1.82, 2.24) is 0 Å². The zero-order valence-corrected chi connectivity index (χ0v) is 48.4. The van der Waals surface area contributed by atoms with Crippen molar-refractivity contribution in [2.75, 3.05) is 14.7 Å². The molecule has 4 aliphatic rings. The normalized spacial score (nSPS) is 15.8. The predicted molar refractivity (Wildman–Crippen MR) is 349 cm³/mol. The van der Waals surface area contributed by atoms with E-state index in [1.807, 2.05) is 220 Å². The predicted octanol–water partition coefficient (Wildman–Crippen LogP) is 19.1. The molecule has 0 radical (unpaired) electrons. The third-order valence-electron chi connectivity index (χ3n) is 15.2. The topological polar surface area (TPSA) is 107 Å². The highest BCUT2D eigenvalue weighted by Crippen LogP contribution is 2.41. The van der Waals surface area contributed by atoms with Gasteiger partial charge in [0.2, 0.25) is 0 Å². The lowest BCUT2D eigenvalue weighted by Gasteiger charge is -2.21. The molecular formula is C72H54N6O4S3. The third kappa shape index (κ3) is 11.6. The quantitative estimate of drug-likeness (QED) is 0.136. The molecule has 8 aromatic carbocycles. The number of hydrogen-bond donors (Lipinski definition) is 0. The molecule has 1 fully saturated rings. The number of hydrogen-bond acceptors (Lipinski definition) is 10. The maximum Gasteiger partial charge on any atom is 0.282 e. The maximum absolute atomic E-state index is 13.2. The zero-order chi connectivity index (χ0) is 57.5. The smallest absolute Gasteiger partial charge is 0.282 e. The first-order valence-corrected chi connectivity index (χ1v) is 31.0. The lowest BCUT2D eigenvalue weighted by molar-refractivity contribution is -0.112. The Labute approximate surface area is 505 Å². The number of amides is 3. The molecule has 13 heteroatoms. The van der Waals surface area contributed by atoms with E-state index in [0.29, 0.717) is 28.7 Å². The second-order valence-electron chi connectivity index (χ2n) is 20.5. The summed E-state index contributed by atoms with van der Waals surface area (Å²) in [6.45, 7) is 0. The molecule has 0 N–H and O–H groups in total. The molecule has 0 atom stereocenters. The molecule has 0 bridgehead atoms. The molecule has 6 heterocycles. The van der Waals surface area contributed by atoms with E-state index in [2.05, 4.69) is 41.4 Å². The number of carbonyl (C=O) groups is 3. The number of carbonyl (C=O) groups excluding carboxylic acids is 3. The van der Waals surface area contributed by atoms with Crippen LogP contribution in [-0.2, 0) is 14.4 Å². The summed E-state index contributed by atoms with van der Waals surface area (Å²) in [6.07, 6.45) is 6.60. The van der Waals surface area contributed by atoms with Gasteiger partial charge in [-0.1, -0.05) is 147 Å². The number of nitrogens with zero attached hydrogens (tertiary/aromatic N) is 6. The van der Waals surface area contributed by atoms with E-state index in [1.54, 1.807) is 48.7 Å². The molecule has 10 nitrogen and oxygen atoms in total. The van der Waals surface area contributed by atoms with E-state index in [4.69, 9.17) is 14.7 Å². The minimum absolute atomic E-state index is 0.0593. The zero-order valence-electron chi connectivity index (χ0n) is 46.0. The van der Waals surface area contributed by atoms with Crippen molar-refractivity contribution in [2.24, 2.45) is 15.0 Å². The molecule has 3 amide bonds. The van der Waals surface area contributed by atoms with Gasteiger partial charge in [0.1, 0.15) is 28.6 Å². The van der Waals surface area contributed by atoms with E-state index >= 15 is 0 Å². The highest BCUT2D eigenvalue weighted by atomic mass is 32.1. The number of benzene rings is 8. The number of thiophene rings is 3. The van der Waals surface area contributed by atoms with Crippen molar-refractivity contribution in [3.8, 4) is 22.6 Å². The molecule has 15 rings (SSSR count). The van der Waals surface area contributed by atoms with Crippen LogP contribution in [0.4, 0.5) is 51.2 Å². The van der Waals surface area contributed by atoms with Gasteiger partial charge < -0.3 is 4.74 Å². The fourth-order valence-corrected chi connectivity index (χ4v) is 12.9. The second-order valence-corrected chi connectivity index (χ2v) is 22.9. The highest BCUT2D eigenvalue weighted by Gasteiger charge is 2.37. The van der Waals surface area contributed by atoms with Gasteiger partial charge in [-0.15, -0.1) is 0 Å². The summed E-state index contributed by atoms with van der Waals surface area (Å²) in [5.74, 6) is 1.91. The van der Waals surface area contributed by atoms with Crippen LogP contribution >= 0.6 is 34.0 Å². The van der Waals surface area contributed by atoms with Crippen LogP contribution in [0.2, 0.25) is 0 Å². The molecule has 85 heavy (non-hydrogen) atoms. The molecule has 11 aromatic rings. The molecule has 0 unspecified atom stereocenters. The Balaban J connectivity index is 0.000000119. The van der Waals surface area contributed by atoms with Gasteiger partial charge in [-0.2, -0.15) is 34.0 Å². The van der Waals surface area contributed by atoms with Crippen LogP contribution in [0.15, 0.2) is 272 Å². The van der Waals surface area contributed by atoms with Gasteiger partial charge in [-0.3, -0.25) is 29.1 Å². The summed E-state index contributed by atoms with van der Waals surface area (Å²) in [7, 11) is 0. The first-order chi connectivity index (χ1) is 41.9. The Kier molecular flexibility index (Phi) is 15.9. The molecule has 1 saturated carbocycles. The molecule has 414 valence electrons. The Morgan fingerprint density at radius 1 is 0.353 bits per heavy atom. The van der Waals surface area contributed by atoms with Crippen LogP contribution in [0.5, 0.6) is 11.5 Å². The van der Waals surface area contributed by atoms with Crippen molar-refractivity contribution >= 4 is 120 Å². The van der Waals surface area contributed by atoms with Crippen molar-refractivity contribution < 1.29 is 19.1 Å². The minimum Gasteiger partial charge on any atom is -0.457 e. The number of fused-ring (bicyclic) bond motifs is 3. The average Bonchev–Trinajstić information content (AvgIpc) is 3.06. The van der Waals surface area contributed by atoms with Crippen LogP contribution in [0, 0.1) is 0 Å². The van der Waals surface area contributed by atoms with Gasteiger partial charge in [0, 0.05) is 32.8 Å². The van der Waals surface area contributed by atoms with E-state index in [0.717, 1.165) is 84.8 Å². The van der Waals surface area contributed by atoms with Gasteiger partial charge in [0.05, 0.1) is 51.2 Å². The minimum atomic E-state index is -0.116. The van der Waals surface area contributed by atoms with Crippen LogP contribution in [0.25, 0.3) is 11.1 Å². The summed E-state index contributed by atoms with van der Waals surface area (Å²) in [5.41, 5.74) is 15.4. The van der Waals surface area contributed by atoms with Crippen molar-refractivity contribution in [1.29, 1.82) is 0 Å².